The van der Waals surface area contributed by atoms with Gasteiger partial charge in [0.1, 0.15) is 6.54 Å². The maximum atomic E-state index is 11.4. The number of nitrogens with zero attached hydrogens (tertiary/aromatic N) is 1. The molecule has 0 atom stereocenters. The van der Waals surface area contributed by atoms with Gasteiger partial charge < -0.3 is 14.3 Å². The van der Waals surface area contributed by atoms with Crippen molar-refractivity contribution in [3.05, 3.63) is 39.2 Å². The molecule has 0 amide bonds. The first-order valence-corrected chi connectivity index (χ1v) is 6.50. The molecule has 1 aromatic heterocycles. The molecule has 100 valence electrons. The third kappa shape index (κ3) is 3.00. The minimum absolute atomic E-state index is 0.0361. The van der Waals surface area contributed by atoms with E-state index in [0.717, 1.165) is 11.3 Å². The van der Waals surface area contributed by atoms with Gasteiger partial charge in [-0.2, -0.15) is 0 Å². The average Bonchev–Trinajstić information content (AvgIpc) is 2.74. The van der Waals surface area contributed by atoms with Crippen molar-refractivity contribution >= 4 is 41.4 Å². The summed E-state index contributed by atoms with van der Waals surface area (Å²) >= 11 is 17.0. The molecule has 2 rings (SSSR count). The number of esters is 1. The number of carbonyl (C=O) groups excluding carboxylic acids is 1. The summed E-state index contributed by atoms with van der Waals surface area (Å²) in [4.78, 5) is 14.3. The van der Waals surface area contributed by atoms with Gasteiger partial charge in [-0.1, -0.05) is 29.3 Å². The lowest BCUT2D eigenvalue weighted by atomic mass is 10.1. The average molecular weight is 317 g/mol. The number of carbonyl (C=O) groups is 1. The van der Waals surface area contributed by atoms with Crippen LogP contribution in [0.2, 0.25) is 10.0 Å². The van der Waals surface area contributed by atoms with Crippen LogP contribution in [0.3, 0.4) is 0 Å². The van der Waals surface area contributed by atoms with Gasteiger partial charge in [-0.25, -0.2) is 0 Å². The highest BCUT2D eigenvalue weighted by Gasteiger charge is 2.11. The molecule has 0 saturated carbocycles. The molecule has 1 heterocycles. The largest absolute Gasteiger partial charge is 0.468 e. The Morgan fingerprint density at radius 3 is 2.79 bits per heavy atom. The number of methoxy groups -OCH3 is 1. The lowest BCUT2D eigenvalue weighted by Gasteiger charge is -2.08. The summed E-state index contributed by atoms with van der Waals surface area (Å²) in [5.41, 5.74) is 1.56. The number of imidazole rings is 1. The van der Waals surface area contributed by atoms with Crippen molar-refractivity contribution in [1.29, 1.82) is 0 Å². The third-order valence-electron chi connectivity index (χ3n) is 2.60. The van der Waals surface area contributed by atoms with Gasteiger partial charge in [0.25, 0.3) is 0 Å². The van der Waals surface area contributed by atoms with E-state index in [9.17, 15) is 4.79 Å². The molecule has 0 saturated heterocycles. The fraction of sp³-hybridized carbons (Fsp3) is 0.167. The van der Waals surface area contributed by atoms with Crippen molar-refractivity contribution in [2.24, 2.45) is 0 Å². The fourth-order valence-electron chi connectivity index (χ4n) is 1.64. The zero-order chi connectivity index (χ0) is 14.0. The number of aromatic amines is 1. The van der Waals surface area contributed by atoms with Gasteiger partial charge in [-0.3, -0.25) is 4.79 Å². The summed E-state index contributed by atoms with van der Waals surface area (Å²) in [5.74, 6) is -0.378. The molecule has 0 unspecified atom stereocenters. The topological polar surface area (TPSA) is 47.0 Å². The van der Waals surface area contributed by atoms with E-state index in [2.05, 4.69) is 9.72 Å². The van der Waals surface area contributed by atoms with E-state index in [1.165, 1.54) is 7.11 Å². The van der Waals surface area contributed by atoms with E-state index in [4.69, 9.17) is 35.4 Å². The smallest absolute Gasteiger partial charge is 0.325 e. The Labute approximate surface area is 124 Å². The molecular formula is C12H10Cl2N2O2S. The standard InChI is InChI=1S/C12H10Cl2N2O2S/c1-18-11(17)6-16-10(5-15-12(16)19)7-2-3-8(13)9(14)4-7/h2-5H,6H2,1H3,(H,15,19). The van der Waals surface area contributed by atoms with E-state index >= 15 is 0 Å². The number of rotatable bonds is 3. The molecule has 0 aliphatic heterocycles. The first-order valence-electron chi connectivity index (χ1n) is 5.33. The number of H-pyrrole nitrogens is 1. The van der Waals surface area contributed by atoms with Gasteiger partial charge in [-0.15, -0.1) is 0 Å². The molecule has 0 fully saturated rings. The van der Waals surface area contributed by atoms with Crippen molar-refractivity contribution < 1.29 is 9.53 Å². The van der Waals surface area contributed by atoms with Gasteiger partial charge in [0.05, 0.1) is 22.8 Å². The predicted octanol–water partition coefficient (Wildman–Crippen LogP) is 3.69. The Hall–Kier alpha value is -1.30. The highest BCUT2D eigenvalue weighted by atomic mass is 35.5. The monoisotopic (exact) mass is 316 g/mol. The lowest BCUT2D eigenvalue weighted by molar-refractivity contribution is -0.141. The van der Waals surface area contributed by atoms with Gasteiger partial charge in [-0.05, 0) is 24.4 Å². The van der Waals surface area contributed by atoms with Gasteiger partial charge in [0.2, 0.25) is 0 Å². The first kappa shape index (κ1) is 14.1. The molecule has 0 bridgehead atoms. The molecule has 1 N–H and O–H groups in total. The summed E-state index contributed by atoms with van der Waals surface area (Å²) in [7, 11) is 1.33. The molecule has 0 aliphatic rings. The maximum Gasteiger partial charge on any atom is 0.325 e. The highest BCUT2D eigenvalue weighted by Crippen LogP contribution is 2.28. The summed E-state index contributed by atoms with van der Waals surface area (Å²) in [6, 6.07) is 5.22. The number of halogens is 2. The molecule has 1 aromatic carbocycles. The SMILES string of the molecule is COC(=O)Cn1c(-c2ccc(Cl)c(Cl)c2)c[nH]c1=S. The Kier molecular flexibility index (Phi) is 4.29. The number of benzene rings is 1. The minimum atomic E-state index is -0.378. The fourth-order valence-corrected chi connectivity index (χ4v) is 2.16. The molecule has 19 heavy (non-hydrogen) atoms. The molecule has 0 radical (unpaired) electrons. The van der Waals surface area contributed by atoms with Crippen molar-refractivity contribution in [1.82, 2.24) is 9.55 Å². The Morgan fingerprint density at radius 1 is 1.42 bits per heavy atom. The molecule has 0 aliphatic carbocycles. The molecule has 7 heteroatoms. The summed E-state index contributed by atoms with van der Waals surface area (Å²) in [6.07, 6.45) is 1.71. The summed E-state index contributed by atoms with van der Waals surface area (Å²) in [5, 5.41) is 0.912. The number of ether oxygens (including phenoxy) is 1. The highest BCUT2D eigenvalue weighted by molar-refractivity contribution is 7.71. The normalized spacial score (nSPS) is 10.5. The van der Waals surface area contributed by atoms with E-state index in [1.807, 2.05) is 0 Å². The third-order valence-corrected chi connectivity index (χ3v) is 3.68. The van der Waals surface area contributed by atoms with Crippen molar-refractivity contribution in [3.8, 4) is 11.3 Å². The predicted molar refractivity (Wildman–Crippen MR) is 77.1 cm³/mol. The van der Waals surface area contributed by atoms with Crippen LogP contribution in [-0.2, 0) is 16.1 Å². The second-order valence-corrected chi connectivity index (χ2v) is 4.97. The van der Waals surface area contributed by atoms with Crippen LogP contribution in [0.5, 0.6) is 0 Å². The second kappa shape index (κ2) is 5.77. The van der Waals surface area contributed by atoms with Gasteiger partial charge in [0.15, 0.2) is 4.77 Å². The zero-order valence-electron chi connectivity index (χ0n) is 9.94. The van der Waals surface area contributed by atoms with Crippen LogP contribution in [0, 0.1) is 4.77 Å². The summed E-state index contributed by atoms with van der Waals surface area (Å²) in [6.45, 7) is 0.0361. The molecule has 2 aromatic rings. The van der Waals surface area contributed by atoms with Crippen LogP contribution >= 0.6 is 35.4 Å². The van der Waals surface area contributed by atoms with Crippen molar-refractivity contribution in [2.75, 3.05) is 7.11 Å². The van der Waals surface area contributed by atoms with E-state index in [0.29, 0.717) is 14.8 Å². The zero-order valence-corrected chi connectivity index (χ0v) is 12.3. The van der Waals surface area contributed by atoms with Gasteiger partial charge >= 0.3 is 5.97 Å². The first-order chi connectivity index (χ1) is 9.02. The molecular weight excluding hydrogens is 307 g/mol. The van der Waals surface area contributed by atoms with Crippen LogP contribution in [-0.4, -0.2) is 22.6 Å². The molecule has 0 spiro atoms. The van der Waals surface area contributed by atoms with Crippen LogP contribution in [0.4, 0.5) is 0 Å². The van der Waals surface area contributed by atoms with Crippen LogP contribution in [0.25, 0.3) is 11.3 Å². The van der Waals surface area contributed by atoms with Crippen molar-refractivity contribution in [2.45, 2.75) is 6.54 Å². The number of nitrogens with one attached hydrogen (secondary N) is 1. The van der Waals surface area contributed by atoms with Crippen LogP contribution in [0.15, 0.2) is 24.4 Å². The minimum Gasteiger partial charge on any atom is -0.468 e. The maximum absolute atomic E-state index is 11.4. The van der Waals surface area contributed by atoms with Gasteiger partial charge in [0, 0.05) is 11.8 Å². The van der Waals surface area contributed by atoms with E-state index in [1.54, 1.807) is 29.0 Å². The number of hydrogen-bond acceptors (Lipinski definition) is 3. The molecule has 4 nitrogen and oxygen atoms in total. The van der Waals surface area contributed by atoms with E-state index in [-0.39, 0.29) is 12.5 Å². The number of hydrogen-bond donors (Lipinski definition) is 1. The summed E-state index contributed by atoms with van der Waals surface area (Å²) < 4.78 is 6.72. The Morgan fingerprint density at radius 2 is 2.16 bits per heavy atom. The lowest BCUT2D eigenvalue weighted by Crippen LogP contribution is -2.12. The van der Waals surface area contributed by atoms with Crippen LogP contribution < -0.4 is 0 Å². The van der Waals surface area contributed by atoms with E-state index < -0.39 is 0 Å². The Bertz CT molecular complexity index is 679. The number of aromatic nitrogens is 2. The van der Waals surface area contributed by atoms with Crippen molar-refractivity contribution in [3.63, 3.8) is 0 Å². The quantitative estimate of drug-likeness (QED) is 0.694. The Balaban J connectivity index is 2.47. The van der Waals surface area contributed by atoms with Crippen LogP contribution in [0.1, 0.15) is 0 Å². The second-order valence-electron chi connectivity index (χ2n) is 3.77.